The Labute approximate surface area is 316 Å². The van der Waals surface area contributed by atoms with Crippen molar-refractivity contribution in [2.75, 3.05) is 6.54 Å². The minimum Gasteiger partial charge on any atom is -0.480 e. The van der Waals surface area contributed by atoms with Gasteiger partial charge in [0.15, 0.2) is 0 Å². The Morgan fingerprint density at radius 3 is 1.25 bits per heavy atom. The predicted octanol–water partition coefficient (Wildman–Crippen LogP) is 13.7. The van der Waals surface area contributed by atoms with E-state index in [0.717, 1.165) is 64.2 Å². The molecule has 0 aliphatic heterocycles. The van der Waals surface area contributed by atoms with Crippen LogP contribution in [0.1, 0.15) is 245 Å². The SMILES string of the molecule is CCCCCCCCC/C=C\CCCCCCCCCC(=O)OC(CCCCCCCCCCCCC)CCCCCCCC(=O)NCC(=O)O. The van der Waals surface area contributed by atoms with Gasteiger partial charge < -0.3 is 15.2 Å². The van der Waals surface area contributed by atoms with Crippen LogP contribution in [0.4, 0.5) is 0 Å². The molecule has 2 N–H and O–H groups in total. The summed E-state index contributed by atoms with van der Waals surface area (Å²) in [5, 5.41) is 11.1. The summed E-state index contributed by atoms with van der Waals surface area (Å²) in [6, 6.07) is 0. The normalized spacial score (nSPS) is 12.0. The lowest BCUT2D eigenvalue weighted by molar-refractivity contribution is -0.150. The molecule has 0 aromatic carbocycles. The Kier molecular flexibility index (Phi) is 39.4. The first kappa shape index (κ1) is 49.1. The number of hydrogen-bond acceptors (Lipinski definition) is 4. The first-order chi connectivity index (χ1) is 25.0. The van der Waals surface area contributed by atoms with Crippen LogP contribution in [0, 0.1) is 0 Å². The zero-order valence-corrected chi connectivity index (χ0v) is 34.0. The maximum absolute atomic E-state index is 12.8. The molecule has 0 heterocycles. The fourth-order valence-electron chi connectivity index (χ4n) is 6.86. The van der Waals surface area contributed by atoms with Crippen LogP contribution in [0.5, 0.6) is 0 Å². The lowest BCUT2D eigenvalue weighted by atomic mass is 10.0. The minimum atomic E-state index is -1.01. The van der Waals surface area contributed by atoms with Crippen molar-refractivity contribution in [3.05, 3.63) is 12.2 Å². The molecule has 0 rings (SSSR count). The number of hydrogen-bond donors (Lipinski definition) is 2. The Morgan fingerprint density at radius 1 is 0.490 bits per heavy atom. The van der Waals surface area contributed by atoms with Gasteiger partial charge in [0, 0.05) is 12.8 Å². The van der Waals surface area contributed by atoms with Gasteiger partial charge in [-0.2, -0.15) is 0 Å². The van der Waals surface area contributed by atoms with Gasteiger partial charge >= 0.3 is 11.9 Å². The Hall–Kier alpha value is -1.85. The summed E-state index contributed by atoms with van der Waals surface area (Å²) < 4.78 is 6.03. The van der Waals surface area contributed by atoms with E-state index in [0.29, 0.717) is 12.8 Å². The predicted molar refractivity (Wildman–Crippen MR) is 217 cm³/mol. The summed E-state index contributed by atoms with van der Waals surface area (Å²) in [6.45, 7) is 4.24. The average molecular weight is 720 g/mol. The number of amides is 1. The molecule has 51 heavy (non-hydrogen) atoms. The molecule has 0 bridgehead atoms. The molecule has 1 amide bonds. The minimum absolute atomic E-state index is 0.0151. The molecule has 0 radical (unpaired) electrons. The highest BCUT2D eigenvalue weighted by Gasteiger charge is 2.14. The fraction of sp³-hybridized carbons (Fsp3) is 0.889. The van der Waals surface area contributed by atoms with E-state index in [4.69, 9.17) is 9.84 Å². The third-order valence-electron chi connectivity index (χ3n) is 10.2. The zero-order chi connectivity index (χ0) is 37.3. The second kappa shape index (κ2) is 40.9. The fourth-order valence-corrected chi connectivity index (χ4v) is 6.86. The van der Waals surface area contributed by atoms with Gasteiger partial charge in [-0.3, -0.25) is 14.4 Å². The summed E-state index contributed by atoms with van der Waals surface area (Å²) in [6.07, 6.45) is 47.7. The van der Waals surface area contributed by atoms with Crippen molar-refractivity contribution in [3.8, 4) is 0 Å². The number of allylic oxidation sites excluding steroid dienone is 2. The number of carboxylic acids is 1. The first-order valence-corrected chi connectivity index (χ1v) is 22.3. The Morgan fingerprint density at radius 2 is 0.843 bits per heavy atom. The number of aliphatic carboxylic acids is 1. The number of carbonyl (C=O) groups is 3. The molecular weight excluding hydrogens is 634 g/mol. The molecule has 0 spiro atoms. The van der Waals surface area contributed by atoms with E-state index in [9.17, 15) is 14.4 Å². The van der Waals surface area contributed by atoms with Crippen molar-refractivity contribution < 1.29 is 24.2 Å². The molecule has 6 nitrogen and oxygen atoms in total. The second-order valence-corrected chi connectivity index (χ2v) is 15.3. The molecule has 1 atom stereocenters. The molecule has 0 aromatic rings. The van der Waals surface area contributed by atoms with Crippen molar-refractivity contribution in [2.45, 2.75) is 251 Å². The van der Waals surface area contributed by atoms with Gasteiger partial charge in [0.2, 0.25) is 5.91 Å². The van der Waals surface area contributed by atoms with E-state index in [1.807, 2.05) is 0 Å². The molecule has 6 heteroatoms. The van der Waals surface area contributed by atoms with E-state index >= 15 is 0 Å². The molecule has 1 unspecified atom stereocenters. The van der Waals surface area contributed by atoms with Crippen LogP contribution < -0.4 is 5.32 Å². The standard InChI is InChI=1S/C45H85NO5/c1-3-5-7-9-11-13-15-16-17-18-19-20-21-23-25-27-32-36-40-45(50)51-42(37-33-29-26-24-22-14-12-10-8-6-4-2)38-34-30-28-31-35-39-43(47)46-41-44(48)49/h17-18,42H,3-16,19-41H2,1-2H3,(H,46,47)(H,48,49)/b18-17-. The van der Waals surface area contributed by atoms with Gasteiger partial charge in [-0.05, 0) is 64.2 Å². The number of rotatable bonds is 41. The van der Waals surface area contributed by atoms with Crippen LogP contribution in [0.3, 0.4) is 0 Å². The van der Waals surface area contributed by atoms with Crippen LogP contribution in [-0.4, -0.2) is 35.6 Å². The molecule has 0 aromatic heterocycles. The quantitative estimate of drug-likeness (QED) is 0.0373. The molecule has 0 aliphatic rings. The maximum Gasteiger partial charge on any atom is 0.322 e. The number of carboxylic acid groups (broad SMARTS) is 1. The van der Waals surface area contributed by atoms with E-state index in [1.165, 1.54) is 154 Å². The van der Waals surface area contributed by atoms with Gasteiger partial charge in [0.05, 0.1) is 0 Å². The maximum atomic E-state index is 12.8. The van der Waals surface area contributed by atoms with Crippen LogP contribution >= 0.6 is 0 Å². The third kappa shape index (κ3) is 40.8. The zero-order valence-electron chi connectivity index (χ0n) is 34.0. The lowest BCUT2D eigenvalue weighted by Crippen LogP contribution is -2.28. The van der Waals surface area contributed by atoms with Gasteiger partial charge in [0.25, 0.3) is 0 Å². The van der Waals surface area contributed by atoms with Crippen LogP contribution in [-0.2, 0) is 19.1 Å². The van der Waals surface area contributed by atoms with Crippen LogP contribution in [0.2, 0.25) is 0 Å². The van der Waals surface area contributed by atoms with E-state index in [1.54, 1.807) is 0 Å². The first-order valence-electron chi connectivity index (χ1n) is 22.3. The van der Waals surface area contributed by atoms with Crippen molar-refractivity contribution >= 4 is 17.8 Å². The van der Waals surface area contributed by atoms with Crippen molar-refractivity contribution in [1.82, 2.24) is 5.32 Å². The highest BCUT2D eigenvalue weighted by molar-refractivity contribution is 5.80. The highest BCUT2D eigenvalue weighted by atomic mass is 16.5. The van der Waals surface area contributed by atoms with Gasteiger partial charge in [-0.1, -0.05) is 180 Å². The topological polar surface area (TPSA) is 92.7 Å². The number of nitrogens with one attached hydrogen (secondary N) is 1. The molecule has 300 valence electrons. The van der Waals surface area contributed by atoms with Crippen LogP contribution in [0.25, 0.3) is 0 Å². The van der Waals surface area contributed by atoms with E-state index in [2.05, 4.69) is 31.3 Å². The molecule has 0 saturated heterocycles. The van der Waals surface area contributed by atoms with Gasteiger partial charge in [-0.25, -0.2) is 0 Å². The summed E-state index contributed by atoms with van der Waals surface area (Å²) >= 11 is 0. The summed E-state index contributed by atoms with van der Waals surface area (Å²) in [7, 11) is 0. The summed E-state index contributed by atoms with van der Waals surface area (Å²) in [5.74, 6) is -1.22. The van der Waals surface area contributed by atoms with Gasteiger partial charge in [-0.15, -0.1) is 0 Å². The summed E-state index contributed by atoms with van der Waals surface area (Å²) in [4.78, 5) is 35.0. The Balaban J connectivity index is 4.08. The van der Waals surface area contributed by atoms with Crippen molar-refractivity contribution in [1.29, 1.82) is 0 Å². The largest absolute Gasteiger partial charge is 0.480 e. The molecule has 0 fully saturated rings. The average Bonchev–Trinajstić information content (AvgIpc) is 3.11. The lowest BCUT2D eigenvalue weighted by Gasteiger charge is -2.18. The van der Waals surface area contributed by atoms with Crippen molar-refractivity contribution in [3.63, 3.8) is 0 Å². The summed E-state index contributed by atoms with van der Waals surface area (Å²) in [5.41, 5.74) is 0. The smallest absolute Gasteiger partial charge is 0.322 e. The van der Waals surface area contributed by atoms with Gasteiger partial charge in [0.1, 0.15) is 12.6 Å². The highest BCUT2D eigenvalue weighted by Crippen LogP contribution is 2.19. The number of unbranched alkanes of at least 4 members (excludes halogenated alkanes) is 28. The van der Waals surface area contributed by atoms with E-state index < -0.39 is 5.97 Å². The number of ether oxygens (including phenoxy) is 1. The monoisotopic (exact) mass is 720 g/mol. The molecule has 0 aliphatic carbocycles. The van der Waals surface area contributed by atoms with Crippen LogP contribution in [0.15, 0.2) is 12.2 Å². The molecule has 0 saturated carbocycles. The number of esters is 1. The van der Waals surface area contributed by atoms with E-state index in [-0.39, 0.29) is 24.5 Å². The van der Waals surface area contributed by atoms with Crippen molar-refractivity contribution in [2.24, 2.45) is 0 Å². The third-order valence-corrected chi connectivity index (χ3v) is 10.2. The number of carbonyl (C=O) groups excluding carboxylic acids is 2. The second-order valence-electron chi connectivity index (χ2n) is 15.3. The molecular formula is C45H85NO5. The Bertz CT molecular complexity index is 797.